The first-order valence-electron chi connectivity index (χ1n) is 10.00. The van der Waals surface area contributed by atoms with Gasteiger partial charge in [0.25, 0.3) is 0 Å². The van der Waals surface area contributed by atoms with Gasteiger partial charge in [-0.2, -0.15) is 0 Å². The fourth-order valence-electron chi connectivity index (χ4n) is 2.93. The molecule has 3 nitrogen and oxygen atoms in total. The van der Waals surface area contributed by atoms with Crippen molar-refractivity contribution in [2.24, 2.45) is 0 Å². The van der Waals surface area contributed by atoms with Gasteiger partial charge >= 0.3 is 0 Å². The zero-order valence-corrected chi connectivity index (χ0v) is 19.7. The van der Waals surface area contributed by atoms with E-state index in [9.17, 15) is 4.79 Å². The van der Waals surface area contributed by atoms with Crippen molar-refractivity contribution in [1.29, 1.82) is 0 Å². The van der Waals surface area contributed by atoms with Gasteiger partial charge in [-0.3, -0.25) is 4.79 Å². The predicted molar refractivity (Wildman–Crippen MR) is 134 cm³/mol. The average Bonchev–Trinajstić information content (AvgIpc) is 3.03. The summed E-state index contributed by atoms with van der Waals surface area (Å²) in [5.41, 5.74) is 3.46. The summed E-state index contributed by atoms with van der Waals surface area (Å²) in [5.74, 6) is -0.0788. The van der Waals surface area contributed by atoms with Crippen LogP contribution >= 0.6 is 35.4 Å². The van der Waals surface area contributed by atoms with Crippen molar-refractivity contribution in [2.75, 3.05) is 10.6 Å². The number of halogens is 2. The normalized spacial score (nSPS) is 12.8. The molecule has 158 valence electrons. The summed E-state index contributed by atoms with van der Waals surface area (Å²) in [4.78, 5) is 13.1. The molecule has 1 aliphatic carbocycles. The molecule has 0 atom stereocenters. The molecule has 0 bridgehead atoms. The second kappa shape index (κ2) is 11.9. The van der Waals surface area contributed by atoms with E-state index in [1.165, 1.54) is 0 Å². The molecule has 0 heterocycles. The largest absolute Gasteiger partial charge is 0.332 e. The van der Waals surface area contributed by atoms with Gasteiger partial charge in [-0.15, -0.1) is 0 Å². The molecule has 0 radical (unpaired) electrons. The van der Waals surface area contributed by atoms with Crippen LogP contribution < -0.4 is 10.6 Å². The number of carbonyl (C=O) groups is 1. The maximum Gasteiger partial charge on any atom is 0.194 e. The van der Waals surface area contributed by atoms with Gasteiger partial charge in [0, 0.05) is 26.9 Å². The van der Waals surface area contributed by atoms with Crippen molar-refractivity contribution in [3.05, 3.63) is 81.4 Å². The molecular formula is C24H26Cl2N2OS. The van der Waals surface area contributed by atoms with Crippen LogP contribution in [-0.2, 0) is 0 Å². The number of benzene rings is 2. The van der Waals surface area contributed by atoms with Crippen LogP contribution in [0, 0.1) is 6.92 Å². The molecule has 2 aromatic carbocycles. The third kappa shape index (κ3) is 6.43. The number of allylic oxidation sites excluding steroid dienone is 4. The maximum atomic E-state index is 13.1. The van der Waals surface area contributed by atoms with E-state index in [4.69, 9.17) is 35.4 Å². The molecule has 2 aromatic rings. The highest BCUT2D eigenvalue weighted by Gasteiger charge is 2.17. The first-order chi connectivity index (χ1) is 14.5. The molecule has 0 fully saturated rings. The molecule has 0 unspecified atom stereocenters. The SMILES string of the molecule is CC.Cc1c(Cl)cccc1NC(=S)Nc1ccc(Cl)cc1C(=O)C1=CCCCC=C1. The predicted octanol–water partition coefficient (Wildman–Crippen LogP) is 7.99. The lowest BCUT2D eigenvalue weighted by Crippen LogP contribution is -2.21. The van der Waals surface area contributed by atoms with Gasteiger partial charge in [-0.1, -0.05) is 61.3 Å². The van der Waals surface area contributed by atoms with Gasteiger partial charge in [0.15, 0.2) is 10.9 Å². The van der Waals surface area contributed by atoms with Crippen molar-refractivity contribution in [1.82, 2.24) is 0 Å². The monoisotopic (exact) mass is 460 g/mol. The molecule has 0 aliphatic heterocycles. The lowest BCUT2D eigenvalue weighted by atomic mass is 10.0. The molecule has 30 heavy (non-hydrogen) atoms. The minimum absolute atomic E-state index is 0.0788. The van der Waals surface area contributed by atoms with Gasteiger partial charge < -0.3 is 10.6 Å². The Bertz CT molecular complexity index is 983. The molecule has 0 spiro atoms. The summed E-state index contributed by atoms with van der Waals surface area (Å²) in [6, 6.07) is 10.7. The van der Waals surface area contributed by atoms with E-state index in [0.29, 0.717) is 32.0 Å². The van der Waals surface area contributed by atoms with Crippen LogP contribution in [0.5, 0.6) is 0 Å². The van der Waals surface area contributed by atoms with E-state index in [0.717, 1.165) is 30.5 Å². The summed E-state index contributed by atoms with van der Waals surface area (Å²) in [7, 11) is 0. The highest BCUT2D eigenvalue weighted by molar-refractivity contribution is 7.80. The minimum Gasteiger partial charge on any atom is -0.332 e. The van der Waals surface area contributed by atoms with E-state index < -0.39 is 0 Å². The van der Waals surface area contributed by atoms with Gasteiger partial charge in [0.05, 0.1) is 5.69 Å². The molecule has 0 saturated carbocycles. The lowest BCUT2D eigenvalue weighted by Gasteiger charge is -2.16. The van der Waals surface area contributed by atoms with Crippen LogP contribution in [0.25, 0.3) is 0 Å². The fraction of sp³-hybridized carbons (Fsp3) is 0.250. The van der Waals surface area contributed by atoms with Crippen molar-refractivity contribution in [2.45, 2.75) is 40.0 Å². The Labute approximate surface area is 194 Å². The number of hydrogen-bond donors (Lipinski definition) is 2. The zero-order valence-electron chi connectivity index (χ0n) is 17.4. The van der Waals surface area contributed by atoms with Crippen LogP contribution in [0.15, 0.2) is 60.2 Å². The molecule has 6 heteroatoms. The van der Waals surface area contributed by atoms with E-state index >= 15 is 0 Å². The number of Topliss-reactive ketones (excluding diaryl/α,β-unsaturated/α-hetero) is 1. The van der Waals surface area contributed by atoms with Crippen molar-refractivity contribution >= 4 is 57.7 Å². The first kappa shape index (κ1) is 24.1. The van der Waals surface area contributed by atoms with Crippen LogP contribution in [0.1, 0.15) is 49.0 Å². The minimum atomic E-state index is -0.0788. The Hall–Kier alpha value is -2.14. The van der Waals surface area contributed by atoms with E-state index in [-0.39, 0.29) is 5.78 Å². The highest BCUT2D eigenvalue weighted by atomic mass is 35.5. The van der Waals surface area contributed by atoms with Crippen LogP contribution in [0.3, 0.4) is 0 Å². The van der Waals surface area contributed by atoms with Crippen molar-refractivity contribution in [3.63, 3.8) is 0 Å². The molecule has 1 aliphatic rings. The first-order valence-corrected chi connectivity index (χ1v) is 11.2. The van der Waals surface area contributed by atoms with Gasteiger partial charge in [-0.05, 0) is 74.3 Å². The standard InChI is InChI=1S/C22H20Cl2N2OS.C2H6/c1-14-18(24)9-6-10-19(14)25-22(28)26-20-12-11-16(23)13-17(20)21(27)15-7-4-2-3-5-8-15;1-2/h4,6-13H,2-3,5H2,1H3,(H2,25,26,28);1-2H3. The molecule has 3 rings (SSSR count). The molecular weight excluding hydrogens is 435 g/mol. The van der Waals surface area contributed by atoms with Crippen LogP contribution in [0.2, 0.25) is 10.0 Å². The number of anilines is 2. The third-order valence-electron chi connectivity index (χ3n) is 4.49. The quantitative estimate of drug-likeness (QED) is 0.358. The number of carbonyl (C=O) groups excluding carboxylic acids is 1. The average molecular weight is 461 g/mol. The van der Waals surface area contributed by atoms with E-state index in [1.807, 2.05) is 57.2 Å². The molecule has 0 saturated heterocycles. The van der Waals surface area contributed by atoms with Gasteiger partial charge in [-0.25, -0.2) is 0 Å². The zero-order chi connectivity index (χ0) is 22.1. The van der Waals surface area contributed by atoms with Crippen LogP contribution in [-0.4, -0.2) is 10.9 Å². The third-order valence-corrected chi connectivity index (χ3v) is 5.34. The highest BCUT2D eigenvalue weighted by Crippen LogP contribution is 2.27. The number of hydrogen-bond acceptors (Lipinski definition) is 2. The van der Waals surface area contributed by atoms with Crippen molar-refractivity contribution < 1.29 is 4.79 Å². The van der Waals surface area contributed by atoms with E-state index in [1.54, 1.807) is 18.2 Å². The maximum absolute atomic E-state index is 13.1. The van der Waals surface area contributed by atoms with E-state index in [2.05, 4.69) is 10.6 Å². The Morgan fingerprint density at radius 1 is 1.03 bits per heavy atom. The lowest BCUT2D eigenvalue weighted by molar-refractivity contribution is 0.103. The molecule has 0 amide bonds. The molecule has 0 aromatic heterocycles. The Morgan fingerprint density at radius 2 is 1.77 bits per heavy atom. The number of rotatable bonds is 4. The smallest absolute Gasteiger partial charge is 0.194 e. The fourth-order valence-corrected chi connectivity index (χ4v) is 3.49. The summed E-state index contributed by atoms with van der Waals surface area (Å²) in [6.07, 6.45) is 8.78. The second-order valence-electron chi connectivity index (χ2n) is 6.50. The Morgan fingerprint density at radius 3 is 2.53 bits per heavy atom. The summed E-state index contributed by atoms with van der Waals surface area (Å²) < 4.78 is 0. The summed E-state index contributed by atoms with van der Waals surface area (Å²) >= 11 is 17.8. The van der Waals surface area contributed by atoms with Gasteiger partial charge in [0.2, 0.25) is 0 Å². The van der Waals surface area contributed by atoms with Crippen molar-refractivity contribution in [3.8, 4) is 0 Å². The molecule has 2 N–H and O–H groups in total. The Balaban J connectivity index is 0.00000155. The number of ketones is 1. The second-order valence-corrected chi connectivity index (χ2v) is 7.76. The summed E-state index contributed by atoms with van der Waals surface area (Å²) in [6.45, 7) is 5.91. The van der Waals surface area contributed by atoms with Crippen LogP contribution in [0.4, 0.5) is 11.4 Å². The topological polar surface area (TPSA) is 41.1 Å². The number of nitrogens with one attached hydrogen (secondary N) is 2. The number of thiocarbonyl (C=S) groups is 1. The Kier molecular flexibility index (Phi) is 9.57. The summed E-state index contributed by atoms with van der Waals surface area (Å²) in [5, 5.41) is 7.77. The van der Waals surface area contributed by atoms with Gasteiger partial charge in [0.1, 0.15) is 0 Å².